The summed E-state index contributed by atoms with van der Waals surface area (Å²) in [5, 5.41) is 21.9. The molecule has 1 aliphatic rings. The number of morpholine rings is 1. The third-order valence-corrected chi connectivity index (χ3v) is 5.76. The van der Waals surface area contributed by atoms with Crippen molar-refractivity contribution in [2.45, 2.75) is 18.6 Å². The Morgan fingerprint density at radius 1 is 1.38 bits per heavy atom. The molecule has 0 saturated carbocycles. The Morgan fingerprint density at radius 2 is 2.19 bits per heavy atom. The van der Waals surface area contributed by atoms with Gasteiger partial charge in [-0.05, 0) is 19.1 Å². The van der Waals surface area contributed by atoms with Gasteiger partial charge in [0.25, 0.3) is 11.8 Å². The van der Waals surface area contributed by atoms with Crippen LogP contribution >= 0.6 is 0 Å². The van der Waals surface area contributed by atoms with E-state index in [-0.39, 0.29) is 42.3 Å². The van der Waals surface area contributed by atoms with Gasteiger partial charge >= 0.3 is 6.01 Å². The molecule has 0 aliphatic carbocycles. The van der Waals surface area contributed by atoms with Gasteiger partial charge in [-0.25, -0.2) is 14.1 Å². The number of hydrogen-bond acceptors (Lipinski definition) is 11. The van der Waals surface area contributed by atoms with Crippen LogP contribution < -0.4 is 20.7 Å². The van der Waals surface area contributed by atoms with E-state index in [4.69, 9.17) is 19.7 Å². The lowest BCUT2D eigenvalue weighted by atomic mass is 9.95. The molecule has 0 unspecified atom stereocenters. The van der Waals surface area contributed by atoms with Crippen molar-refractivity contribution >= 4 is 40.1 Å². The second-order valence-electron chi connectivity index (χ2n) is 8.27. The van der Waals surface area contributed by atoms with Crippen LogP contribution in [-0.2, 0) is 14.3 Å². The van der Waals surface area contributed by atoms with Crippen molar-refractivity contribution in [2.75, 3.05) is 36.2 Å². The van der Waals surface area contributed by atoms with E-state index < -0.39 is 29.3 Å². The molecule has 0 spiro atoms. The van der Waals surface area contributed by atoms with Gasteiger partial charge in [0.2, 0.25) is 0 Å². The van der Waals surface area contributed by atoms with Crippen molar-refractivity contribution in [3.8, 4) is 11.8 Å². The number of aliphatic hydroxyl groups is 1. The molecule has 4 heterocycles. The predicted octanol–water partition coefficient (Wildman–Crippen LogP) is 0.655. The van der Waals surface area contributed by atoms with E-state index in [1.807, 2.05) is 0 Å². The molecule has 192 valence electrons. The number of nitrogens with two attached hydrogens (primary N) is 1. The summed E-state index contributed by atoms with van der Waals surface area (Å²) in [6.45, 7) is 0.982. The highest BCUT2D eigenvalue weighted by Gasteiger charge is 2.49. The van der Waals surface area contributed by atoms with Gasteiger partial charge in [-0.3, -0.25) is 14.5 Å². The van der Waals surface area contributed by atoms with Crippen LogP contribution in [0.2, 0.25) is 0 Å². The zero-order valence-electron chi connectivity index (χ0n) is 19.6. The molecule has 2 atom stereocenters. The Kier molecular flexibility index (Phi) is 5.93. The van der Waals surface area contributed by atoms with Crippen LogP contribution in [0, 0.1) is 5.82 Å². The minimum atomic E-state index is -2.33. The molecular weight excluding hydrogens is 491 g/mol. The zero-order chi connectivity index (χ0) is 26.3. The molecular formula is C22H21FN8O6. The van der Waals surface area contributed by atoms with Gasteiger partial charge in [0.15, 0.2) is 40.6 Å². The predicted molar refractivity (Wildman–Crippen MR) is 125 cm³/mol. The van der Waals surface area contributed by atoms with E-state index in [1.54, 1.807) is 6.07 Å². The average Bonchev–Trinajstić information content (AvgIpc) is 3.46. The second-order valence-corrected chi connectivity index (χ2v) is 8.27. The molecule has 4 N–H and O–H groups in total. The largest absolute Gasteiger partial charge is 0.467 e. The maximum absolute atomic E-state index is 14.9. The van der Waals surface area contributed by atoms with Gasteiger partial charge in [-0.1, -0.05) is 5.16 Å². The summed E-state index contributed by atoms with van der Waals surface area (Å²) >= 11 is 0. The maximum Gasteiger partial charge on any atom is 0.318 e. The van der Waals surface area contributed by atoms with Gasteiger partial charge in [0, 0.05) is 24.0 Å². The topological polar surface area (TPSA) is 184 Å². The van der Waals surface area contributed by atoms with Crippen LogP contribution in [0.1, 0.15) is 6.92 Å². The maximum atomic E-state index is 14.9. The minimum absolute atomic E-state index is 0.0467. The Hall–Kier alpha value is -4.63. The van der Waals surface area contributed by atoms with Crippen molar-refractivity contribution in [3.63, 3.8) is 0 Å². The van der Waals surface area contributed by atoms with Crippen molar-refractivity contribution in [1.29, 1.82) is 0 Å². The van der Waals surface area contributed by atoms with Crippen LogP contribution in [0.25, 0.3) is 16.8 Å². The Balaban J connectivity index is 1.36. The van der Waals surface area contributed by atoms with E-state index >= 15 is 0 Å². The molecule has 1 saturated heterocycles. The molecule has 37 heavy (non-hydrogen) atoms. The molecule has 0 radical (unpaired) electrons. The van der Waals surface area contributed by atoms with Crippen LogP contribution in [0.4, 0.5) is 21.7 Å². The number of hydrogen-bond donors (Lipinski definition) is 3. The number of benzene rings is 1. The van der Waals surface area contributed by atoms with Gasteiger partial charge in [0.1, 0.15) is 0 Å². The minimum Gasteiger partial charge on any atom is -0.467 e. The number of carbonyl (C=O) groups excluding carboxylic acids is 2. The zero-order valence-corrected chi connectivity index (χ0v) is 19.6. The van der Waals surface area contributed by atoms with E-state index in [0.29, 0.717) is 11.0 Å². The fraction of sp³-hybridized carbons (Fsp3) is 0.273. The highest BCUT2D eigenvalue weighted by atomic mass is 19.1. The van der Waals surface area contributed by atoms with Crippen LogP contribution in [0.3, 0.4) is 0 Å². The molecule has 2 amide bonds. The van der Waals surface area contributed by atoms with Crippen molar-refractivity contribution < 1.29 is 33.1 Å². The lowest BCUT2D eigenvalue weighted by molar-refractivity contribution is -0.165. The van der Waals surface area contributed by atoms with Gasteiger partial charge in [-0.2, -0.15) is 4.98 Å². The lowest BCUT2D eigenvalue weighted by Gasteiger charge is -2.37. The molecule has 1 aromatic carbocycles. The Bertz CT molecular complexity index is 1500. The first-order chi connectivity index (χ1) is 17.7. The second kappa shape index (κ2) is 9.11. The van der Waals surface area contributed by atoms with E-state index in [0.717, 1.165) is 22.7 Å². The molecule has 1 fully saturated rings. The van der Waals surface area contributed by atoms with Gasteiger partial charge in [0.05, 0.1) is 31.8 Å². The number of nitrogens with zero attached hydrogens (tertiary/aromatic N) is 6. The molecule has 4 aromatic rings. The number of fused-ring (bicyclic) bond motifs is 1. The van der Waals surface area contributed by atoms with Gasteiger partial charge in [-0.15, -0.1) is 5.10 Å². The Morgan fingerprint density at radius 3 is 2.97 bits per heavy atom. The first-order valence-electron chi connectivity index (χ1n) is 10.9. The number of ether oxygens (including phenoxy) is 2. The average molecular weight is 512 g/mol. The number of nitrogens with one attached hydrogen (secondary N) is 1. The lowest BCUT2D eigenvalue weighted by Crippen LogP contribution is -2.61. The fourth-order valence-electron chi connectivity index (χ4n) is 3.81. The van der Waals surface area contributed by atoms with Crippen molar-refractivity contribution in [3.05, 3.63) is 42.5 Å². The molecule has 3 aromatic heterocycles. The molecule has 14 nitrogen and oxygen atoms in total. The summed E-state index contributed by atoms with van der Waals surface area (Å²) in [5.41, 5.74) is 3.94. The molecule has 5 rings (SSSR count). The number of rotatable bonds is 6. The number of anilines is 3. The third kappa shape index (κ3) is 4.30. The van der Waals surface area contributed by atoms with Crippen molar-refractivity contribution in [2.24, 2.45) is 0 Å². The number of amides is 2. The first-order valence-corrected chi connectivity index (χ1v) is 10.9. The number of halogens is 1. The molecule has 1 aliphatic heterocycles. The SMILES string of the molecule is COc1nccc(-n2cc(F)c(N3CCO[C@H]([C@@](C)(O)C(=O)Nc4ccc5c(N)noc5c4)C3=O)n2)n1. The van der Waals surface area contributed by atoms with Crippen LogP contribution in [0.15, 0.2) is 41.2 Å². The van der Waals surface area contributed by atoms with Crippen LogP contribution in [0.5, 0.6) is 6.01 Å². The summed E-state index contributed by atoms with van der Waals surface area (Å²) in [6.07, 6.45) is 0.794. The number of aromatic nitrogens is 5. The molecule has 0 bridgehead atoms. The summed E-state index contributed by atoms with van der Waals surface area (Å²) in [6, 6.07) is 6.10. The number of carbonyl (C=O) groups is 2. The fourth-order valence-corrected chi connectivity index (χ4v) is 3.81. The first kappa shape index (κ1) is 24.1. The van der Waals surface area contributed by atoms with E-state index in [9.17, 15) is 19.1 Å². The molecule has 15 heteroatoms. The smallest absolute Gasteiger partial charge is 0.318 e. The standard InChI is InChI=1S/C22H21FN8O6/c1-22(34,20(33)26-11-3-4-12-14(9-11)37-29-17(12)24)16-19(32)30(7-8-36-16)18-13(23)10-31(28-18)15-5-6-25-21(27-15)35-2/h3-6,9-10,16,34H,7-8H2,1-2H3,(H2,24,29)(H,26,33)/t16-,22+/m0/s1. The quantitative estimate of drug-likeness (QED) is 0.330. The number of methoxy groups -OCH3 is 1. The van der Waals surface area contributed by atoms with Crippen molar-refractivity contribution in [1.82, 2.24) is 24.9 Å². The number of nitrogen functional groups attached to an aromatic ring is 1. The van der Waals surface area contributed by atoms with Crippen LogP contribution in [-0.4, -0.2) is 73.8 Å². The highest BCUT2D eigenvalue weighted by Crippen LogP contribution is 2.28. The normalized spacial score (nSPS) is 17.6. The third-order valence-electron chi connectivity index (χ3n) is 5.76. The summed E-state index contributed by atoms with van der Waals surface area (Å²) < 4.78 is 31.5. The highest BCUT2D eigenvalue weighted by molar-refractivity contribution is 6.06. The summed E-state index contributed by atoms with van der Waals surface area (Å²) in [7, 11) is 1.38. The van der Waals surface area contributed by atoms with E-state index in [2.05, 4.69) is 25.5 Å². The van der Waals surface area contributed by atoms with Gasteiger partial charge < -0.3 is 30.2 Å². The van der Waals surface area contributed by atoms with E-state index in [1.165, 1.54) is 31.5 Å². The monoisotopic (exact) mass is 512 g/mol. The summed E-state index contributed by atoms with van der Waals surface area (Å²) in [5.74, 6) is -2.54. The Labute approximate surface area is 207 Å². The summed E-state index contributed by atoms with van der Waals surface area (Å²) in [4.78, 5) is 35.2.